The number of alkyl halides is 3. The summed E-state index contributed by atoms with van der Waals surface area (Å²) in [6, 6.07) is 5.80. The molecule has 0 bridgehead atoms. The fourth-order valence-corrected chi connectivity index (χ4v) is 3.16. The first kappa shape index (κ1) is 16.3. The molecule has 1 aromatic rings. The summed E-state index contributed by atoms with van der Waals surface area (Å²) >= 11 is 0. The van der Waals surface area contributed by atoms with Crippen molar-refractivity contribution in [2.75, 3.05) is 26.2 Å². The zero-order valence-electron chi connectivity index (χ0n) is 12.6. The second-order valence-electron chi connectivity index (χ2n) is 5.76. The molecule has 2 nitrogen and oxygen atoms in total. The maximum absolute atomic E-state index is 12.7. The molecule has 118 valence electrons. The van der Waals surface area contributed by atoms with Crippen molar-refractivity contribution in [2.45, 2.75) is 38.9 Å². The van der Waals surface area contributed by atoms with Crippen LogP contribution in [0, 0.1) is 13.8 Å². The lowest BCUT2D eigenvalue weighted by Gasteiger charge is -2.37. The Morgan fingerprint density at radius 3 is 2.24 bits per heavy atom. The molecule has 1 aliphatic rings. The highest BCUT2D eigenvalue weighted by molar-refractivity contribution is 5.36. The quantitative estimate of drug-likeness (QED) is 0.914. The minimum atomic E-state index is -4.09. The molecule has 0 amide bonds. The maximum Gasteiger partial charge on any atom is 0.389 e. The number of hydrogen-bond donors (Lipinski definition) is 1. The van der Waals surface area contributed by atoms with Gasteiger partial charge in [-0.2, -0.15) is 13.2 Å². The van der Waals surface area contributed by atoms with Crippen molar-refractivity contribution in [3.8, 4) is 0 Å². The molecule has 1 N–H and O–H groups in total. The maximum atomic E-state index is 12.7. The van der Waals surface area contributed by atoms with Crippen LogP contribution in [0.5, 0.6) is 0 Å². The SMILES string of the molecule is Cc1cccc(C)c1[C@@H](CCC(F)(F)F)N1CCNCC1. The van der Waals surface area contributed by atoms with Gasteiger partial charge >= 0.3 is 6.18 Å². The second kappa shape index (κ2) is 6.79. The van der Waals surface area contributed by atoms with Crippen LogP contribution in [-0.4, -0.2) is 37.3 Å². The molecule has 1 aliphatic heterocycles. The third-order valence-corrected chi connectivity index (χ3v) is 4.17. The first-order valence-electron chi connectivity index (χ1n) is 7.46. The average Bonchev–Trinajstić information content (AvgIpc) is 2.42. The molecule has 0 saturated carbocycles. The van der Waals surface area contributed by atoms with Crippen molar-refractivity contribution in [1.82, 2.24) is 10.2 Å². The van der Waals surface area contributed by atoms with Gasteiger partial charge in [-0.15, -0.1) is 0 Å². The van der Waals surface area contributed by atoms with Crippen LogP contribution in [0.1, 0.15) is 35.6 Å². The highest BCUT2D eigenvalue weighted by Crippen LogP contribution is 2.34. The molecule has 0 aromatic heterocycles. The van der Waals surface area contributed by atoms with E-state index in [9.17, 15) is 13.2 Å². The summed E-state index contributed by atoms with van der Waals surface area (Å²) in [7, 11) is 0. The topological polar surface area (TPSA) is 15.3 Å². The predicted octanol–water partition coefficient (Wildman–Crippen LogP) is 3.59. The molecule has 1 saturated heterocycles. The molecular formula is C16H23F3N2. The summed E-state index contributed by atoms with van der Waals surface area (Å²) in [5.74, 6) is 0. The van der Waals surface area contributed by atoms with E-state index in [0.717, 1.165) is 42.9 Å². The van der Waals surface area contributed by atoms with E-state index in [1.165, 1.54) is 0 Å². The van der Waals surface area contributed by atoms with Crippen LogP contribution in [-0.2, 0) is 0 Å². The molecular weight excluding hydrogens is 277 g/mol. The van der Waals surface area contributed by atoms with Gasteiger partial charge in [-0.1, -0.05) is 18.2 Å². The molecule has 0 unspecified atom stereocenters. The van der Waals surface area contributed by atoms with Gasteiger partial charge in [0.25, 0.3) is 0 Å². The van der Waals surface area contributed by atoms with Crippen LogP contribution in [0.15, 0.2) is 18.2 Å². The van der Waals surface area contributed by atoms with E-state index in [2.05, 4.69) is 10.2 Å². The number of benzene rings is 1. The molecule has 21 heavy (non-hydrogen) atoms. The minimum absolute atomic E-state index is 0.134. The number of aryl methyl sites for hydroxylation is 2. The molecule has 1 fully saturated rings. The Morgan fingerprint density at radius 2 is 1.71 bits per heavy atom. The lowest BCUT2D eigenvalue weighted by atomic mass is 9.91. The van der Waals surface area contributed by atoms with Gasteiger partial charge in [0.2, 0.25) is 0 Å². The Kier molecular flexibility index (Phi) is 5.27. The Morgan fingerprint density at radius 1 is 1.14 bits per heavy atom. The monoisotopic (exact) mass is 300 g/mol. The van der Waals surface area contributed by atoms with Gasteiger partial charge in [-0.25, -0.2) is 0 Å². The molecule has 5 heteroatoms. The van der Waals surface area contributed by atoms with E-state index in [1.807, 2.05) is 32.0 Å². The number of hydrogen-bond acceptors (Lipinski definition) is 2. The highest BCUT2D eigenvalue weighted by atomic mass is 19.4. The third kappa shape index (κ3) is 4.45. The fraction of sp³-hybridized carbons (Fsp3) is 0.625. The Balaban J connectivity index is 2.26. The van der Waals surface area contributed by atoms with Gasteiger partial charge in [0.1, 0.15) is 0 Å². The van der Waals surface area contributed by atoms with E-state index in [-0.39, 0.29) is 12.5 Å². The zero-order valence-corrected chi connectivity index (χ0v) is 12.6. The Bertz CT molecular complexity index is 445. The summed E-state index contributed by atoms with van der Waals surface area (Å²) in [6.45, 7) is 7.27. The number of piperazine rings is 1. The number of rotatable bonds is 4. The largest absolute Gasteiger partial charge is 0.389 e. The van der Waals surface area contributed by atoms with Crippen molar-refractivity contribution in [3.05, 3.63) is 34.9 Å². The van der Waals surface area contributed by atoms with Crippen LogP contribution >= 0.6 is 0 Å². The molecule has 0 aliphatic carbocycles. The summed E-state index contributed by atoms with van der Waals surface area (Å²) in [5, 5.41) is 3.26. The van der Waals surface area contributed by atoms with Gasteiger partial charge in [0, 0.05) is 38.6 Å². The van der Waals surface area contributed by atoms with Gasteiger partial charge in [-0.3, -0.25) is 4.90 Å². The first-order valence-corrected chi connectivity index (χ1v) is 7.46. The van der Waals surface area contributed by atoms with Crippen LogP contribution in [0.4, 0.5) is 13.2 Å². The van der Waals surface area contributed by atoms with Gasteiger partial charge in [0.15, 0.2) is 0 Å². The summed E-state index contributed by atoms with van der Waals surface area (Å²) in [6.07, 6.45) is -4.69. The van der Waals surface area contributed by atoms with Crippen LogP contribution in [0.3, 0.4) is 0 Å². The van der Waals surface area contributed by atoms with Crippen molar-refractivity contribution in [3.63, 3.8) is 0 Å². The third-order valence-electron chi connectivity index (χ3n) is 4.17. The molecule has 1 aromatic carbocycles. The molecule has 1 atom stereocenters. The molecule has 0 spiro atoms. The standard InChI is InChI=1S/C16H23F3N2/c1-12-4-3-5-13(2)15(12)14(6-7-16(17,18)19)21-10-8-20-9-11-21/h3-5,14,20H,6-11H2,1-2H3/t14-/m1/s1. The van der Waals surface area contributed by atoms with Crippen molar-refractivity contribution in [1.29, 1.82) is 0 Å². The normalized spacial score (nSPS) is 18.7. The number of nitrogens with zero attached hydrogens (tertiary/aromatic N) is 1. The summed E-state index contributed by atoms with van der Waals surface area (Å²) in [5.41, 5.74) is 3.24. The van der Waals surface area contributed by atoms with Gasteiger partial charge < -0.3 is 5.32 Å². The lowest BCUT2D eigenvalue weighted by molar-refractivity contribution is -0.138. The average molecular weight is 300 g/mol. The second-order valence-corrected chi connectivity index (χ2v) is 5.76. The fourth-order valence-electron chi connectivity index (χ4n) is 3.16. The highest BCUT2D eigenvalue weighted by Gasteiger charge is 2.32. The molecule has 2 rings (SSSR count). The van der Waals surface area contributed by atoms with Crippen molar-refractivity contribution in [2.24, 2.45) is 0 Å². The van der Waals surface area contributed by atoms with E-state index < -0.39 is 12.6 Å². The first-order chi connectivity index (χ1) is 9.88. The zero-order chi connectivity index (χ0) is 15.5. The number of nitrogens with one attached hydrogen (secondary N) is 1. The van der Waals surface area contributed by atoms with Crippen LogP contribution < -0.4 is 5.32 Å². The Labute approximate surface area is 124 Å². The predicted molar refractivity (Wildman–Crippen MR) is 78.4 cm³/mol. The van der Waals surface area contributed by atoms with E-state index in [0.29, 0.717) is 0 Å². The Hall–Kier alpha value is -1.07. The lowest BCUT2D eigenvalue weighted by Crippen LogP contribution is -2.45. The smallest absolute Gasteiger partial charge is 0.314 e. The summed E-state index contributed by atoms with van der Waals surface area (Å²) < 4.78 is 38.0. The molecule has 1 heterocycles. The van der Waals surface area contributed by atoms with Crippen LogP contribution in [0.25, 0.3) is 0 Å². The van der Waals surface area contributed by atoms with E-state index in [1.54, 1.807) is 0 Å². The van der Waals surface area contributed by atoms with E-state index >= 15 is 0 Å². The van der Waals surface area contributed by atoms with Gasteiger partial charge in [-0.05, 0) is 37.0 Å². The van der Waals surface area contributed by atoms with E-state index in [4.69, 9.17) is 0 Å². The summed E-state index contributed by atoms with van der Waals surface area (Å²) in [4.78, 5) is 2.19. The number of halogens is 3. The molecule has 0 radical (unpaired) electrons. The van der Waals surface area contributed by atoms with Crippen molar-refractivity contribution >= 4 is 0 Å². The van der Waals surface area contributed by atoms with Gasteiger partial charge in [0.05, 0.1) is 0 Å². The minimum Gasteiger partial charge on any atom is -0.314 e. The van der Waals surface area contributed by atoms with Crippen LogP contribution in [0.2, 0.25) is 0 Å². The van der Waals surface area contributed by atoms with Crippen molar-refractivity contribution < 1.29 is 13.2 Å².